The molecule has 0 N–H and O–H groups in total. The predicted molar refractivity (Wildman–Crippen MR) is 84.1 cm³/mol. The standard InChI is InChI=1S/C18H18O3/c1-9-12(4)21-18-10(2)17(20-5)15(11(3)19)14-8-6-7-13(9)16(14)18/h6-8H,1-5H3. The van der Waals surface area contributed by atoms with Gasteiger partial charge in [0, 0.05) is 16.3 Å². The van der Waals surface area contributed by atoms with Gasteiger partial charge in [0.2, 0.25) is 0 Å². The van der Waals surface area contributed by atoms with Crippen molar-refractivity contribution in [2.45, 2.75) is 27.7 Å². The lowest BCUT2D eigenvalue weighted by molar-refractivity contribution is 0.101. The maximum Gasteiger partial charge on any atom is 0.164 e. The Kier molecular flexibility index (Phi) is 3.01. The third-order valence-corrected chi connectivity index (χ3v) is 4.21. The molecule has 1 aliphatic rings. The van der Waals surface area contributed by atoms with Crippen LogP contribution in [-0.2, 0) is 0 Å². The third kappa shape index (κ3) is 1.77. The molecule has 3 heteroatoms. The molecule has 2 aromatic rings. The summed E-state index contributed by atoms with van der Waals surface area (Å²) in [7, 11) is 1.59. The molecule has 21 heavy (non-hydrogen) atoms. The van der Waals surface area contributed by atoms with E-state index in [2.05, 4.69) is 6.07 Å². The zero-order chi connectivity index (χ0) is 15.3. The second-order valence-electron chi connectivity index (χ2n) is 5.43. The Morgan fingerprint density at radius 3 is 2.52 bits per heavy atom. The monoisotopic (exact) mass is 282 g/mol. The Morgan fingerprint density at radius 1 is 1.19 bits per heavy atom. The summed E-state index contributed by atoms with van der Waals surface area (Å²) in [6, 6.07) is 6.01. The summed E-state index contributed by atoms with van der Waals surface area (Å²) < 4.78 is 11.5. The van der Waals surface area contributed by atoms with E-state index in [0.717, 1.165) is 39.0 Å². The molecule has 0 aromatic heterocycles. The smallest absolute Gasteiger partial charge is 0.164 e. The molecule has 1 heterocycles. The van der Waals surface area contributed by atoms with Gasteiger partial charge >= 0.3 is 0 Å². The molecular weight excluding hydrogens is 264 g/mol. The van der Waals surface area contributed by atoms with Gasteiger partial charge in [-0.05, 0) is 38.8 Å². The summed E-state index contributed by atoms with van der Waals surface area (Å²) >= 11 is 0. The van der Waals surface area contributed by atoms with E-state index < -0.39 is 0 Å². The molecule has 2 aromatic carbocycles. The van der Waals surface area contributed by atoms with Crippen LogP contribution in [0.2, 0.25) is 0 Å². The summed E-state index contributed by atoms with van der Waals surface area (Å²) in [6.07, 6.45) is 0. The van der Waals surface area contributed by atoms with Gasteiger partial charge in [0.25, 0.3) is 0 Å². The normalized spacial score (nSPS) is 13.4. The molecule has 0 aliphatic carbocycles. The number of Topliss-reactive ketones (excluding diaryl/α,β-unsaturated/α-hetero) is 1. The SMILES string of the molecule is COc1c(C)c2c3c(cccc3c1C(C)=O)C(C)=C(C)O2. The van der Waals surface area contributed by atoms with Crippen LogP contribution in [0.4, 0.5) is 0 Å². The van der Waals surface area contributed by atoms with Gasteiger partial charge < -0.3 is 9.47 Å². The van der Waals surface area contributed by atoms with Crippen LogP contribution < -0.4 is 9.47 Å². The van der Waals surface area contributed by atoms with Crippen molar-refractivity contribution < 1.29 is 14.3 Å². The van der Waals surface area contributed by atoms with Gasteiger partial charge in [0.1, 0.15) is 17.3 Å². The Labute approximate surface area is 124 Å². The first-order valence-electron chi connectivity index (χ1n) is 6.97. The molecule has 0 amide bonds. The number of methoxy groups -OCH3 is 1. The Hall–Kier alpha value is -2.29. The molecule has 3 nitrogen and oxygen atoms in total. The summed E-state index contributed by atoms with van der Waals surface area (Å²) in [5, 5.41) is 1.90. The Morgan fingerprint density at radius 2 is 1.90 bits per heavy atom. The first kappa shape index (κ1) is 13.7. The second kappa shape index (κ2) is 4.62. The summed E-state index contributed by atoms with van der Waals surface area (Å²) in [4.78, 5) is 12.1. The van der Waals surface area contributed by atoms with Crippen molar-refractivity contribution in [2.24, 2.45) is 0 Å². The lowest BCUT2D eigenvalue weighted by Gasteiger charge is -2.25. The average molecular weight is 282 g/mol. The fourth-order valence-electron chi connectivity index (χ4n) is 3.07. The van der Waals surface area contributed by atoms with Crippen molar-refractivity contribution in [3.05, 3.63) is 40.6 Å². The fourth-order valence-corrected chi connectivity index (χ4v) is 3.07. The van der Waals surface area contributed by atoms with E-state index >= 15 is 0 Å². The first-order chi connectivity index (χ1) is 9.97. The highest BCUT2D eigenvalue weighted by molar-refractivity contribution is 6.14. The zero-order valence-electron chi connectivity index (χ0n) is 13.0. The van der Waals surface area contributed by atoms with Crippen molar-refractivity contribution in [3.63, 3.8) is 0 Å². The molecular formula is C18H18O3. The average Bonchev–Trinajstić information content (AvgIpc) is 2.46. The van der Waals surface area contributed by atoms with Crippen molar-refractivity contribution in [1.29, 1.82) is 0 Å². The van der Waals surface area contributed by atoms with Gasteiger partial charge in [-0.25, -0.2) is 0 Å². The van der Waals surface area contributed by atoms with Gasteiger partial charge in [0.15, 0.2) is 5.78 Å². The predicted octanol–water partition coefficient (Wildman–Crippen LogP) is 4.50. The van der Waals surface area contributed by atoms with Crippen LogP contribution >= 0.6 is 0 Å². The zero-order valence-corrected chi connectivity index (χ0v) is 13.0. The minimum atomic E-state index is 0.00239. The van der Waals surface area contributed by atoms with Gasteiger partial charge in [-0.1, -0.05) is 18.2 Å². The van der Waals surface area contributed by atoms with Gasteiger partial charge in [0.05, 0.1) is 12.7 Å². The van der Waals surface area contributed by atoms with E-state index in [0.29, 0.717) is 11.3 Å². The molecule has 0 unspecified atom stereocenters. The number of carbonyl (C=O) groups is 1. The fraction of sp³-hybridized carbons (Fsp3) is 0.278. The minimum Gasteiger partial charge on any atom is -0.496 e. The molecule has 3 rings (SSSR count). The number of ketones is 1. The second-order valence-corrected chi connectivity index (χ2v) is 5.43. The lowest BCUT2D eigenvalue weighted by Crippen LogP contribution is -2.09. The van der Waals surface area contributed by atoms with E-state index in [1.165, 1.54) is 0 Å². The van der Waals surface area contributed by atoms with Crippen molar-refractivity contribution >= 4 is 22.1 Å². The first-order valence-corrected chi connectivity index (χ1v) is 6.97. The number of benzene rings is 2. The summed E-state index contributed by atoms with van der Waals surface area (Å²) in [6.45, 7) is 7.51. The number of hydrogen-bond donors (Lipinski definition) is 0. The topological polar surface area (TPSA) is 35.5 Å². The number of hydrogen-bond acceptors (Lipinski definition) is 3. The quantitative estimate of drug-likeness (QED) is 0.761. The molecule has 0 saturated heterocycles. The van der Waals surface area contributed by atoms with E-state index in [-0.39, 0.29) is 5.78 Å². The van der Waals surface area contributed by atoms with E-state index in [9.17, 15) is 4.79 Å². The van der Waals surface area contributed by atoms with Gasteiger partial charge in [-0.2, -0.15) is 0 Å². The highest BCUT2D eigenvalue weighted by Gasteiger charge is 2.26. The van der Waals surface area contributed by atoms with E-state index in [4.69, 9.17) is 9.47 Å². The highest BCUT2D eigenvalue weighted by Crippen LogP contribution is 2.47. The minimum absolute atomic E-state index is 0.00239. The molecule has 108 valence electrons. The molecule has 0 atom stereocenters. The molecule has 0 bridgehead atoms. The van der Waals surface area contributed by atoms with Crippen LogP contribution in [0.1, 0.15) is 42.3 Å². The lowest BCUT2D eigenvalue weighted by atomic mass is 9.89. The van der Waals surface area contributed by atoms with Gasteiger partial charge in [-0.15, -0.1) is 0 Å². The van der Waals surface area contributed by atoms with Crippen molar-refractivity contribution in [2.75, 3.05) is 7.11 Å². The summed E-state index contributed by atoms with van der Waals surface area (Å²) in [5.41, 5.74) is 3.73. The van der Waals surface area contributed by atoms with Crippen LogP contribution in [0.25, 0.3) is 16.3 Å². The molecule has 0 saturated carbocycles. The van der Waals surface area contributed by atoms with Crippen molar-refractivity contribution in [3.8, 4) is 11.5 Å². The van der Waals surface area contributed by atoms with Crippen molar-refractivity contribution in [1.82, 2.24) is 0 Å². The van der Waals surface area contributed by atoms with E-state index in [1.54, 1.807) is 14.0 Å². The van der Waals surface area contributed by atoms with Crippen LogP contribution in [-0.4, -0.2) is 12.9 Å². The molecule has 0 fully saturated rings. The maximum atomic E-state index is 12.1. The number of ether oxygens (including phenoxy) is 2. The maximum absolute atomic E-state index is 12.1. The number of carbonyl (C=O) groups excluding carboxylic acids is 1. The van der Waals surface area contributed by atoms with Crippen LogP contribution in [0.3, 0.4) is 0 Å². The molecule has 0 spiro atoms. The highest BCUT2D eigenvalue weighted by atomic mass is 16.5. The molecule has 0 radical (unpaired) electrons. The summed E-state index contributed by atoms with van der Waals surface area (Å²) in [5.74, 6) is 2.29. The van der Waals surface area contributed by atoms with E-state index in [1.807, 2.05) is 32.9 Å². The van der Waals surface area contributed by atoms with Crippen LogP contribution in [0.5, 0.6) is 11.5 Å². The van der Waals surface area contributed by atoms with Crippen LogP contribution in [0.15, 0.2) is 24.0 Å². The Bertz CT molecular complexity index is 813. The number of allylic oxidation sites excluding steroid dienone is 2. The number of rotatable bonds is 2. The Balaban J connectivity index is 2.57. The third-order valence-electron chi connectivity index (χ3n) is 4.21. The molecule has 1 aliphatic heterocycles. The van der Waals surface area contributed by atoms with Crippen LogP contribution in [0, 0.1) is 6.92 Å². The largest absolute Gasteiger partial charge is 0.496 e. The van der Waals surface area contributed by atoms with Gasteiger partial charge in [-0.3, -0.25) is 4.79 Å².